The molecule has 0 saturated carbocycles. The van der Waals surface area contributed by atoms with Crippen LogP contribution in [0.2, 0.25) is 0 Å². The summed E-state index contributed by atoms with van der Waals surface area (Å²) in [6.45, 7) is 1.89. The summed E-state index contributed by atoms with van der Waals surface area (Å²) < 4.78 is 10.4. The summed E-state index contributed by atoms with van der Waals surface area (Å²) in [5.41, 5.74) is -1.25. The third-order valence-electron chi connectivity index (χ3n) is 2.32. The minimum atomic E-state index is -1.25. The number of carboxylic acid groups (broad SMARTS) is 1. The molecule has 0 aliphatic heterocycles. The van der Waals surface area contributed by atoms with E-state index in [4.69, 9.17) is 14.6 Å². The molecule has 1 N–H and O–H groups in total. The fourth-order valence-electron chi connectivity index (χ4n) is 1.25. The second-order valence-corrected chi connectivity index (χ2v) is 3.69. The number of carbonyl (C=O) groups is 1. The summed E-state index contributed by atoms with van der Waals surface area (Å²) in [5.74, 6) is -0.447. The van der Waals surface area contributed by atoms with Gasteiger partial charge in [-0.15, -0.1) is 0 Å². The Hall–Kier alpha value is -1.55. The lowest BCUT2D eigenvalue weighted by Crippen LogP contribution is -2.42. The molecule has 0 aromatic heterocycles. The van der Waals surface area contributed by atoms with Gasteiger partial charge in [0, 0.05) is 13.5 Å². The molecular formula is C12H16O4. The standard InChI is InChI=1S/C12H16O4/c1-12(11(13)14,8-9-15-2)16-10-6-4-3-5-7-10/h3-7H,8-9H2,1-2H3,(H,13,14). The number of benzene rings is 1. The van der Waals surface area contributed by atoms with Gasteiger partial charge in [-0.05, 0) is 19.1 Å². The average molecular weight is 224 g/mol. The van der Waals surface area contributed by atoms with Crippen molar-refractivity contribution in [1.29, 1.82) is 0 Å². The first kappa shape index (κ1) is 12.5. The number of hydrogen-bond acceptors (Lipinski definition) is 3. The van der Waals surface area contributed by atoms with Gasteiger partial charge in [0.25, 0.3) is 0 Å². The zero-order chi connectivity index (χ0) is 12.0. The molecule has 1 rings (SSSR count). The average Bonchev–Trinajstić information content (AvgIpc) is 2.27. The number of para-hydroxylation sites is 1. The highest BCUT2D eigenvalue weighted by molar-refractivity contribution is 5.77. The van der Waals surface area contributed by atoms with Gasteiger partial charge in [0.2, 0.25) is 5.60 Å². The van der Waals surface area contributed by atoms with E-state index in [0.717, 1.165) is 0 Å². The van der Waals surface area contributed by atoms with Gasteiger partial charge < -0.3 is 14.6 Å². The Balaban J connectivity index is 2.75. The third kappa shape index (κ3) is 3.24. The summed E-state index contributed by atoms with van der Waals surface area (Å²) >= 11 is 0. The fourth-order valence-corrected chi connectivity index (χ4v) is 1.25. The van der Waals surface area contributed by atoms with Crippen molar-refractivity contribution < 1.29 is 19.4 Å². The number of hydrogen-bond donors (Lipinski definition) is 1. The van der Waals surface area contributed by atoms with E-state index in [1.807, 2.05) is 6.07 Å². The van der Waals surface area contributed by atoms with Crippen LogP contribution in [-0.4, -0.2) is 30.4 Å². The van der Waals surface area contributed by atoms with E-state index < -0.39 is 11.6 Å². The van der Waals surface area contributed by atoms with Crippen molar-refractivity contribution in [2.45, 2.75) is 18.9 Å². The van der Waals surface area contributed by atoms with Crippen LogP contribution >= 0.6 is 0 Å². The maximum absolute atomic E-state index is 11.2. The van der Waals surface area contributed by atoms with Crippen LogP contribution < -0.4 is 4.74 Å². The van der Waals surface area contributed by atoms with Crippen molar-refractivity contribution in [1.82, 2.24) is 0 Å². The summed E-state index contributed by atoms with van der Waals surface area (Å²) in [5, 5.41) is 9.14. The van der Waals surface area contributed by atoms with Crippen molar-refractivity contribution in [3.63, 3.8) is 0 Å². The molecule has 4 nitrogen and oxygen atoms in total. The highest BCUT2D eigenvalue weighted by Crippen LogP contribution is 2.21. The van der Waals surface area contributed by atoms with Gasteiger partial charge in [-0.3, -0.25) is 0 Å². The van der Waals surface area contributed by atoms with Crippen LogP contribution in [0, 0.1) is 0 Å². The molecular weight excluding hydrogens is 208 g/mol. The molecule has 16 heavy (non-hydrogen) atoms. The highest BCUT2D eigenvalue weighted by atomic mass is 16.5. The maximum Gasteiger partial charge on any atom is 0.347 e. The summed E-state index contributed by atoms with van der Waals surface area (Å²) in [4.78, 5) is 11.2. The van der Waals surface area contributed by atoms with E-state index in [1.54, 1.807) is 31.2 Å². The number of ether oxygens (including phenoxy) is 2. The molecule has 0 amide bonds. The van der Waals surface area contributed by atoms with Crippen LogP contribution in [0.5, 0.6) is 5.75 Å². The molecule has 0 aliphatic carbocycles. The lowest BCUT2D eigenvalue weighted by atomic mass is 10.0. The van der Waals surface area contributed by atoms with E-state index in [9.17, 15) is 4.79 Å². The number of rotatable bonds is 6. The Morgan fingerprint density at radius 1 is 1.38 bits per heavy atom. The van der Waals surface area contributed by atoms with Crippen molar-refractivity contribution in [2.24, 2.45) is 0 Å². The highest BCUT2D eigenvalue weighted by Gasteiger charge is 2.35. The molecule has 0 spiro atoms. The molecule has 0 aliphatic rings. The van der Waals surface area contributed by atoms with Gasteiger partial charge in [-0.2, -0.15) is 0 Å². The minimum absolute atomic E-state index is 0.299. The van der Waals surface area contributed by atoms with E-state index in [0.29, 0.717) is 18.8 Å². The lowest BCUT2D eigenvalue weighted by molar-refractivity contribution is -0.155. The molecule has 0 bridgehead atoms. The molecule has 0 fully saturated rings. The predicted octanol–water partition coefficient (Wildman–Crippen LogP) is 1.95. The van der Waals surface area contributed by atoms with Crippen LogP contribution in [-0.2, 0) is 9.53 Å². The Morgan fingerprint density at radius 3 is 2.50 bits per heavy atom. The second kappa shape index (κ2) is 5.51. The Morgan fingerprint density at radius 2 is 2.00 bits per heavy atom. The van der Waals surface area contributed by atoms with Crippen LogP contribution in [0.3, 0.4) is 0 Å². The smallest absolute Gasteiger partial charge is 0.347 e. The summed E-state index contributed by atoms with van der Waals surface area (Å²) in [6, 6.07) is 8.91. The summed E-state index contributed by atoms with van der Waals surface area (Å²) in [7, 11) is 1.53. The zero-order valence-corrected chi connectivity index (χ0v) is 9.47. The van der Waals surface area contributed by atoms with E-state index in [-0.39, 0.29) is 0 Å². The Bertz CT molecular complexity index is 336. The molecule has 1 unspecified atom stereocenters. The lowest BCUT2D eigenvalue weighted by Gasteiger charge is -2.25. The van der Waals surface area contributed by atoms with Crippen LogP contribution in [0.1, 0.15) is 13.3 Å². The Kier molecular flexibility index (Phi) is 4.31. The molecule has 1 aromatic rings. The van der Waals surface area contributed by atoms with Crippen molar-refractivity contribution >= 4 is 5.97 Å². The first-order chi connectivity index (χ1) is 7.58. The topological polar surface area (TPSA) is 55.8 Å². The van der Waals surface area contributed by atoms with Crippen molar-refractivity contribution in [3.8, 4) is 5.75 Å². The van der Waals surface area contributed by atoms with Crippen LogP contribution in [0.15, 0.2) is 30.3 Å². The molecule has 4 heteroatoms. The fraction of sp³-hybridized carbons (Fsp3) is 0.417. The monoisotopic (exact) mass is 224 g/mol. The van der Waals surface area contributed by atoms with Crippen molar-refractivity contribution in [3.05, 3.63) is 30.3 Å². The molecule has 88 valence electrons. The third-order valence-corrected chi connectivity index (χ3v) is 2.32. The van der Waals surface area contributed by atoms with Gasteiger partial charge in [-0.1, -0.05) is 18.2 Å². The second-order valence-electron chi connectivity index (χ2n) is 3.69. The number of carboxylic acids is 1. The van der Waals surface area contributed by atoms with Crippen LogP contribution in [0.4, 0.5) is 0 Å². The van der Waals surface area contributed by atoms with Gasteiger partial charge in [0.1, 0.15) is 5.75 Å². The van der Waals surface area contributed by atoms with Gasteiger partial charge in [-0.25, -0.2) is 4.79 Å². The first-order valence-electron chi connectivity index (χ1n) is 5.05. The zero-order valence-electron chi connectivity index (χ0n) is 9.47. The van der Waals surface area contributed by atoms with Gasteiger partial charge >= 0.3 is 5.97 Å². The number of methoxy groups -OCH3 is 1. The SMILES string of the molecule is COCCC(C)(Oc1ccccc1)C(=O)O. The molecule has 1 atom stereocenters. The minimum Gasteiger partial charge on any atom is -0.478 e. The maximum atomic E-state index is 11.2. The van der Waals surface area contributed by atoms with Gasteiger partial charge in [0.05, 0.1) is 6.61 Å². The summed E-state index contributed by atoms with van der Waals surface area (Å²) in [6.07, 6.45) is 0.299. The first-order valence-corrected chi connectivity index (χ1v) is 5.05. The molecule has 0 heterocycles. The van der Waals surface area contributed by atoms with Gasteiger partial charge in [0.15, 0.2) is 0 Å². The molecule has 0 radical (unpaired) electrons. The van der Waals surface area contributed by atoms with Crippen LogP contribution in [0.25, 0.3) is 0 Å². The molecule has 1 aromatic carbocycles. The quantitative estimate of drug-likeness (QED) is 0.802. The largest absolute Gasteiger partial charge is 0.478 e. The van der Waals surface area contributed by atoms with E-state index in [1.165, 1.54) is 7.11 Å². The molecule has 0 saturated heterocycles. The predicted molar refractivity (Wildman–Crippen MR) is 59.6 cm³/mol. The normalized spacial score (nSPS) is 14.1. The van der Waals surface area contributed by atoms with E-state index >= 15 is 0 Å². The Labute approximate surface area is 94.8 Å². The number of aliphatic carboxylic acids is 1. The van der Waals surface area contributed by atoms with E-state index in [2.05, 4.69) is 0 Å². The van der Waals surface area contributed by atoms with Crippen molar-refractivity contribution in [2.75, 3.05) is 13.7 Å².